The first-order valence-electron chi connectivity index (χ1n) is 3.90. The summed E-state index contributed by atoms with van der Waals surface area (Å²) in [6.45, 7) is 2.01. The van der Waals surface area contributed by atoms with Crippen LogP contribution in [0, 0.1) is 18.3 Å². The topological polar surface area (TPSA) is 49.8 Å². The molecule has 0 unspecified atom stereocenters. The molecule has 0 radical (unpaired) electrons. The Bertz CT molecular complexity index is 505. The molecule has 2 N–H and O–H groups in total. The Morgan fingerprint density at radius 1 is 1.46 bits per heavy atom. The van der Waals surface area contributed by atoms with Crippen molar-refractivity contribution >= 4 is 27.1 Å². The minimum Gasteiger partial charge on any atom is -0.398 e. The van der Waals surface area contributed by atoms with E-state index in [4.69, 9.17) is 11.0 Å². The van der Waals surface area contributed by atoms with Crippen LogP contribution in [0.25, 0.3) is 10.1 Å². The van der Waals surface area contributed by atoms with Crippen molar-refractivity contribution in [3.8, 4) is 6.07 Å². The third-order valence-electron chi connectivity index (χ3n) is 2.06. The van der Waals surface area contributed by atoms with Gasteiger partial charge in [-0.15, -0.1) is 11.3 Å². The minimum absolute atomic E-state index is 0.710. The Morgan fingerprint density at radius 2 is 2.23 bits per heavy atom. The van der Waals surface area contributed by atoms with Gasteiger partial charge in [-0.25, -0.2) is 0 Å². The van der Waals surface area contributed by atoms with E-state index in [0.29, 0.717) is 5.56 Å². The molecule has 0 aliphatic heterocycles. The number of nitriles is 1. The number of nitrogens with zero attached hydrogens (tertiary/aromatic N) is 1. The maximum atomic E-state index is 8.85. The summed E-state index contributed by atoms with van der Waals surface area (Å²) in [5, 5.41) is 11.9. The van der Waals surface area contributed by atoms with E-state index in [1.165, 1.54) is 0 Å². The Morgan fingerprint density at radius 3 is 2.92 bits per heavy atom. The van der Waals surface area contributed by atoms with Crippen LogP contribution < -0.4 is 5.73 Å². The summed E-state index contributed by atoms with van der Waals surface area (Å²) >= 11 is 1.58. The monoisotopic (exact) mass is 188 g/mol. The van der Waals surface area contributed by atoms with Gasteiger partial charge < -0.3 is 5.73 Å². The molecule has 64 valence electrons. The largest absolute Gasteiger partial charge is 0.398 e. The number of hydrogen-bond donors (Lipinski definition) is 1. The van der Waals surface area contributed by atoms with Crippen LogP contribution >= 0.6 is 11.3 Å². The fourth-order valence-electron chi connectivity index (χ4n) is 1.42. The predicted molar refractivity (Wildman–Crippen MR) is 55.7 cm³/mol. The van der Waals surface area contributed by atoms with E-state index in [2.05, 4.69) is 6.07 Å². The van der Waals surface area contributed by atoms with E-state index >= 15 is 0 Å². The van der Waals surface area contributed by atoms with Gasteiger partial charge in [0, 0.05) is 11.1 Å². The average molecular weight is 188 g/mol. The van der Waals surface area contributed by atoms with Gasteiger partial charge in [-0.3, -0.25) is 0 Å². The molecule has 2 rings (SSSR count). The number of thiophene rings is 1. The van der Waals surface area contributed by atoms with Crippen LogP contribution in [0.1, 0.15) is 11.1 Å². The Balaban J connectivity index is 2.97. The molecular formula is C10H8N2S. The van der Waals surface area contributed by atoms with E-state index < -0.39 is 0 Å². The molecule has 2 nitrogen and oxygen atoms in total. The van der Waals surface area contributed by atoms with Crippen molar-refractivity contribution in [2.24, 2.45) is 0 Å². The third-order valence-corrected chi connectivity index (χ3v) is 3.19. The van der Waals surface area contributed by atoms with Crippen molar-refractivity contribution in [2.45, 2.75) is 6.92 Å². The van der Waals surface area contributed by atoms with Crippen LogP contribution in [0.15, 0.2) is 17.5 Å². The van der Waals surface area contributed by atoms with Crippen molar-refractivity contribution in [1.29, 1.82) is 5.26 Å². The lowest BCUT2D eigenvalue weighted by Gasteiger charge is -1.98. The van der Waals surface area contributed by atoms with Crippen LogP contribution in [-0.4, -0.2) is 0 Å². The second-order valence-electron chi connectivity index (χ2n) is 2.94. The quantitative estimate of drug-likeness (QED) is 0.646. The summed E-state index contributed by atoms with van der Waals surface area (Å²) in [5.41, 5.74) is 8.44. The van der Waals surface area contributed by atoms with Crippen molar-refractivity contribution in [2.75, 3.05) is 5.73 Å². The summed E-state index contributed by atoms with van der Waals surface area (Å²) in [4.78, 5) is 0. The molecule has 0 atom stereocenters. The van der Waals surface area contributed by atoms with Crippen molar-refractivity contribution in [1.82, 2.24) is 0 Å². The van der Waals surface area contributed by atoms with Crippen LogP contribution in [0.2, 0.25) is 0 Å². The maximum absolute atomic E-state index is 8.85. The lowest BCUT2D eigenvalue weighted by molar-refractivity contribution is 1.51. The number of fused-ring (bicyclic) bond motifs is 1. The SMILES string of the molecule is Cc1csc2c(C#N)ccc(N)c12. The minimum atomic E-state index is 0.710. The van der Waals surface area contributed by atoms with Gasteiger partial charge >= 0.3 is 0 Å². The van der Waals surface area contributed by atoms with Gasteiger partial charge in [0.25, 0.3) is 0 Å². The summed E-state index contributed by atoms with van der Waals surface area (Å²) in [6, 6.07) is 5.73. The molecule has 0 saturated heterocycles. The van der Waals surface area contributed by atoms with Crippen molar-refractivity contribution < 1.29 is 0 Å². The highest BCUT2D eigenvalue weighted by atomic mass is 32.1. The number of rotatable bonds is 0. The van der Waals surface area contributed by atoms with Gasteiger partial charge in [0.2, 0.25) is 0 Å². The molecule has 0 aliphatic rings. The number of anilines is 1. The Hall–Kier alpha value is -1.53. The number of benzene rings is 1. The number of nitrogens with two attached hydrogens (primary N) is 1. The third kappa shape index (κ3) is 1.07. The molecule has 1 heterocycles. The number of aryl methyl sites for hydroxylation is 1. The summed E-state index contributed by atoms with van der Waals surface area (Å²) < 4.78 is 1.00. The molecule has 0 bridgehead atoms. The molecule has 1 aromatic heterocycles. The highest BCUT2D eigenvalue weighted by Crippen LogP contribution is 2.32. The predicted octanol–water partition coefficient (Wildman–Crippen LogP) is 2.66. The van der Waals surface area contributed by atoms with Crippen molar-refractivity contribution in [3.63, 3.8) is 0 Å². The highest BCUT2D eigenvalue weighted by molar-refractivity contribution is 7.17. The van der Waals surface area contributed by atoms with Gasteiger partial charge in [0.15, 0.2) is 0 Å². The Kier molecular flexibility index (Phi) is 1.71. The molecule has 0 aliphatic carbocycles. The first-order chi connectivity index (χ1) is 6.24. The molecule has 13 heavy (non-hydrogen) atoms. The first-order valence-corrected chi connectivity index (χ1v) is 4.78. The van der Waals surface area contributed by atoms with E-state index in [1.807, 2.05) is 12.3 Å². The van der Waals surface area contributed by atoms with E-state index in [1.54, 1.807) is 23.5 Å². The van der Waals surface area contributed by atoms with Gasteiger partial charge in [-0.05, 0) is 30.0 Å². The molecule has 3 heteroatoms. The molecular weight excluding hydrogens is 180 g/mol. The van der Waals surface area contributed by atoms with Crippen LogP contribution in [-0.2, 0) is 0 Å². The fourth-order valence-corrected chi connectivity index (χ4v) is 2.47. The Labute approximate surface area is 80.2 Å². The molecule has 0 spiro atoms. The second kappa shape index (κ2) is 2.75. The van der Waals surface area contributed by atoms with Gasteiger partial charge in [-0.1, -0.05) is 0 Å². The molecule has 1 aromatic carbocycles. The maximum Gasteiger partial charge on any atom is 0.101 e. The van der Waals surface area contributed by atoms with E-state index in [9.17, 15) is 0 Å². The van der Waals surface area contributed by atoms with Gasteiger partial charge in [0.05, 0.1) is 10.3 Å². The zero-order chi connectivity index (χ0) is 9.42. The normalized spacial score (nSPS) is 10.2. The van der Waals surface area contributed by atoms with E-state index in [0.717, 1.165) is 21.3 Å². The summed E-state index contributed by atoms with van der Waals surface area (Å²) in [5.74, 6) is 0. The first kappa shape index (κ1) is 8.09. The smallest absolute Gasteiger partial charge is 0.101 e. The van der Waals surface area contributed by atoms with Gasteiger partial charge in [-0.2, -0.15) is 5.26 Å². The fraction of sp³-hybridized carbons (Fsp3) is 0.100. The lowest BCUT2D eigenvalue weighted by atomic mass is 10.1. The number of hydrogen-bond acceptors (Lipinski definition) is 3. The van der Waals surface area contributed by atoms with Crippen molar-refractivity contribution in [3.05, 3.63) is 28.6 Å². The highest BCUT2D eigenvalue weighted by Gasteiger charge is 2.07. The molecule has 0 amide bonds. The van der Waals surface area contributed by atoms with Gasteiger partial charge in [0.1, 0.15) is 6.07 Å². The zero-order valence-corrected chi connectivity index (χ0v) is 7.98. The summed E-state index contributed by atoms with van der Waals surface area (Å²) in [6.07, 6.45) is 0. The average Bonchev–Trinajstić information content (AvgIpc) is 2.50. The van der Waals surface area contributed by atoms with Crippen LogP contribution in [0.3, 0.4) is 0 Å². The molecule has 0 fully saturated rings. The van der Waals surface area contributed by atoms with Crippen LogP contribution in [0.5, 0.6) is 0 Å². The standard InChI is InChI=1S/C10H8N2S/c1-6-5-13-10-7(4-11)2-3-8(12)9(6)10/h2-3,5H,12H2,1H3. The molecule has 2 aromatic rings. The lowest BCUT2D eigenvalue weighted by Crippen LogP contribution is -1.87. The number of nitrogen functional groups attached to an aromatic ring is 1. The van der Waals surface area contributed by atoms with Crippen LogP contribution in [0.4, 0.5) is 5.69 Å². The zero-order valence-electron chi connectivity index (χ0n) is 7.16. The van der Waals surface area contributed by atoms with E-state index in [-0.39, 0.29) is 0 Å². The molecule has 0 saturated carbocycles. The second-order valence-corrected chi connectivity index (χ2v) is 3.82. The summed E-state index contributed by atoms with van der Waals surface area (Å²) in [7, 11) is 0.